The largest absolute Gasteiger partial charge is 0.357 e. The van der Waals surface area contributed by atoms with Crippen molar-refractivity contribution in [2.24, 2.45) is 10.9 Å². The molecule has 0 aromatic heterocycles. The molecule has 1 aromatic rings. The van der Waals surface area contributed by atoms with Gasteiger partial charge in [0.15, 0.2) is 5.96 Å². The molecule has 1 aliphatic rings. The molecule has 1 saturated heterocycles. The third-order valence-corrected chi connectivity index (χ3v) is 4.45. The fourth-order valence-corrected chi connectivity index (χ4v) is 3.07. The predicted molar refractivity (Wildman–Crippen MR) is 114 cm³/mol. The molecule has 1 fully saturated rings. The van der Waals surface area contributed by atoms with Crippen molar-refractivity contribution in [3.05, 3.63) is 35.9 Å². The Bertz CT molecular complexity index is 476. The fraction of sp³-hybridized carbons (Fsp3) is 0.632. The van der Waals surface area contributed by atoms with Gasteiger partial charge in [-0.25, -0.2) is 4.99 Å². The van der Waals surface area contributed by atoms with Gasteiger partial charge in [0.2, 0.25) is 0 Å². The van der Waals surface area contributed by atoms with Crippen LogP contribution in [0.3, 0.4) is 0 Å². The number of rotatable bonds is 6. The third-order valence-electron chi connectivity index (χ3n) is 4.45. The Morgan fingerprint density at radius 3 is 2.67 bits per heavy atom. The molecule has 136 valence electrons. The Hall–Kier alpha value is -0.820. The molecule has 0 bridgehead atoms. The first-order valence-electron chi connectivity index (χ1n) is 8.99. The van der Waals surface area contributed by atoms with Crippen LogP contribution in [0, 0.1) is 5.92 Å². The lowest BCUT2D eigenvalue weighted by atomic mass is 9.97. The van der Waals surface area contributed by atoms with E-state index in [0.717, 1.165) is 25.6 Å². The van der Waals surface area contributed by atoms with E-state index in [4.69, 9.17) is 4.99 Å². The van der Waals surface area contributed by atoms with Gasteiger partial charge in [0.25, 0.3) is 0 Å². The monoisotopic (exact) mass is 444 g/mol. The first kappa shape index (κ1) is 21.2. The molecule has 1 aliphatic heterocycles. The van der Waals surface area contributed by atoms with Gasteiger partial charge in [-0.3, -0.25) is 0 Å². The molecule has 24 heavy (non-hydrogen) atoms. The number of hydrogen-bond acceptors (Lipinski definition) is 2. The maximum Gasteiger partial charge on any atom is 0.191 e. The topological polar surface area (TPSA) is 39.7 Å². The number of likely N-dealkylation sites (tertiary alicyclic amines) is 1. The molecule has 5 heteroatoms. The van der Waals surface area contributed by atoms with Crippen LogP contribution in [0.4, 0.5) is 0 Å². The zero-order valence-electron chi connectivity index (χ0n) is 15.3. The second-order valence-electron chi connectivity index (χ2n) is 6.66. The van der Waals surface area contributed by atoms with E-state index in [-0.39, 0.29) is 24.0 Å². The summed E-state index contributed by atoms with van der Waals surface area (Å²) in [6.45, 7) is 11.8. The molecule has 1 aromatic carbocycles. The normalized spacial score (nSPS) is 19.0. The third kappa shape index (κ3) is 7.38. The van der Waals surface area contributed by atoms with E-state index in [1.54, 1.807) is 0 Å². The van der Waals surface area contributed by atoms with Crippen LogP contribution in [0.25, 0.3) is 0 Å². The number of guanidine groups is 1. The molecule has 1 atom stereocenters. The van der Waals surface area contributed by atoms with E-state index < -0.39 is 0 Å². The van der Waals surface area contributed by atoms with Gasteiger partial charge < -0.3 is 15.5 Å². The molecular weight excluding hydrogens is 411 g/mol. The van der Waals surface area contributed by atoms with Crippen molar-refractivity contribution < 1.29 is 0 Å². The van der Waals surface area contributed by atoms with Gasteiger partial charge in [0, 0.05) is 25.7 Å². The van der Waals surface area contributed by atoms with Crippen LogP contribution in [0.5, 0.6) is 0 Å². The van der Waals surface area contributed by atoms with E-state index in [9.17, 15) is 0 Å². The van der Waals surface area contributed by atoms with Gasteiger partial charge in [-0.05, 0) is 51.6 Å². The molecule has 0 aliphatic carbocycles. The summed E-state index contributed by atoms with van der Waals surface area (Å²) in [5.74, 6) is 1.64. The molecule has 1 heterocycles. The van der Waals surface area contributed by atoms with Gasteiger partial charge in [0.05, 0.1) is 6.54 Å². The van der Waals surface area contributed by atoms with Crippen molar-refractivity contribution in [2.45, 2.75) is 46.2 Å². The maximum atomic E-state index is 4.70. The highest BCUT2D eigenvalue weighted by atomic mass is 127. The Kier molecular flexibility index (Phi) is 10.3. The molecule has 4 nitrogen and oxygen atoms in total. The van der Waals surface area contributed by atoms with Crippen molar-refractivity contribution in [1.29, 1.82) is 0 Å². The predicted octanol–water partition coefficient (Wildman–Crippen LogP) is 3.48. The SMILES string of the molecule is CCNC(=NCc1ccccc1)NCC1CCCN(C(C)C)C1.I. The molecule has 0 radical (unpaired) electrons. The number of hydrogen-bond donors (Lipinski definition) is 2. The number of piperidine rings is 1. The highest BCUT2D eigenvalue weighted by Crippen LogP contribution is 2.17. The average Bonchev–Trinajstić information content (AvgIpc) is 2.58. The van der Waals surface area contributed by atoms with Crippen LogP contribution in [-0.2, 0) is 6.54 Å². The van der Waals surface area contributed by atoms with Gasteiger partial charge in [-0.1, -0.05) is 30.3 Å². The summed E-state index contributed by atoms with van der Waals surface area (Å²) in [6.07, 6.45) is 2.62. The van der Waals surface area contributed by atoms with Gasteiger partial charge in [-0.15, -0.1) is 24.0 Å². The molecular formula is C19H33IN4. The lowest BCUT2D eigenvalue weighted by Crippen LogP contribution is -2.46. The lowest BCUT2D eigenvalue weighted by Gasteiger charge is -2.35. The van der Waals surface area contributed by atoms with Gasteiger partial charge >= 0.3 is 0 Å². The van der Waals surface area contributed by atoms with E-state index >= 15 is 0 Å². The van der Waals surface area contributed by atoms with E-state index in [1.165, 1.54) is 31.5 Å². The summed E-state index contributed by atoms with van der Waals surface area (Å²) in [4.78, 5) is 7.29. The summed E-state index contributed by atoms with van der Waals surface area (Å²) >= 11 is 0. The molecule has 1 unspecified atom stereocenters. The van der Waals surface area contributed by atoms with Crippen molar-refractivity contribution in [3.8, 4) is 0 Å². The molecule has 0 spiro atoms. The summed E-state index contributed by atoms with van der Waals surface area (Å²) in [7, 11) is 0. The summed E-state index contributed by atoms with van der Waals surface area (Å²) < 4.78 is 0. The Morgan fingerprint density at radius 2 is 2.00 bits per heavy atom. The first-order chi connectivity index (χ1) is 11.2. The summed E-state index contributed by atoms with van der Waals surface area (Å²) in [5.41, 5.74) is 1.24. The number of nitrogens with one attached hydrogen (secondary N) is 2. The standard InChI is InChI=1S/C19H32N4.HI/c1-4-20-19(21-13-17-9-6-5-7-10-17)22-14-18-11-8-12-23(15-18)16(2)3;/h5-7,9-10,16,18H,4,8,11-15H2,1-3H3,(H2,20,21,22);1H. The van der Waals surface area contributed by atoms with E-state index in [2.05, 4.69) is 60.6 Å². The van der Waals surface area contributed by atoms with Crippen molar-refractivity contribution in [3.63, 3.8) is 0 Å². The van der Waals surface area contributed by atoms with Crippen LogP contribution >= 0.6 is 24.0 Å². The smallest absolute Gasteiger partial charge is 0.191 e. The van der Waals surface area contributed by atoms with Crippen LogP contribution in [0.15, 0.2) is 35.3 Å². The van der Waals surface area contributed by atoms with Gasteiger partial charge in [-0.2, -0.15) is 0 Å². The highest BCUT2D eigenvalue weighted by Gasteiger charge is 2.21. The number of aliphatic imine (C=N–C) groups is 1. The van der Waals surface area contributed by atoms with E-state index in [1.807, 2.05) is 6.07 Å². The maximum absolute atomic E-state index is 4.70. The zero-order chi connectivity index (χ0) is 16.5. The zero-order valence-corrected chi connectivity index (χ0v) is 17.6. The number of halogens is 1. The van der Waals surface area contributed by atoms with Gasteiger partial charge in [0.1, 0.15) is 0 Å². The minimum Gasteiger partial charge on any atom is -0.357 e. The minimum absolute atomic E-state index is 0. The number of nitrogens with zero attached hydrogens (tertiary/aromatic N) is 2. The highest BCUT2D eigenvalue weighted by molar-refractivity contribution is 14.0. The van der Waals surface area contributed by atoms with Crippen LogP contribution < -0.4 is 10.6 Å². The quantitative estimate of drug-likeness (QED) is 0.401. The van der Waals surface area contributed by atoms with Crippen LogP contribution in [0.1, 0.15) is 39.2 Å². The van der Waals surface area contributed by atoms with Crippen molar-refractivity contribution in [2.75, 3.05) is 26.2 Å². The second-order valence-corrected chi connectivity index (χ2v) is 6.66. The lowest BCUT2D eigenvalue weighted by molar-refractivity contribution is 0.141. The van der Waals surface area contributed by atoms with E-state index in [0.29, 0.717) is 12.0 Å². The Labute approximate surface area is 164 Å². The fourth-order valence-electron chi connectivity index (χ4n) is 3.07. The summed E-state index contributed by atoms with van der Waals surface area (Å²) in [6, 6.07) is 11.1. The van der Waals surface area contributed by atoms with Crippen molar-refractivity contribution >= 4 is 29.9 Å². The Balaban J connectivity index is 0.00000288. The first-order valence-corrected chi connectivity index (χ1v) is 8.99. The second kappa shape index (κ2) is 11.7. The molecule has 2 rings (SSSR count). The molecule has 2 N–H and O–H groups in total. The van der Waals surface area contributed by atoms with Crippen LogP contribution in [-0.4, -0.2) is 43.1 Å². The Morgan fingerprint density at radius 1 is 1.25 bits per heavy atom. The summed E-state index contributed by atoms with van der Waals surface area (Å²) in [5, 5.41) is 6.88. The molecule has 0 amide bonds. The van der Waals surface area contributed by atoms with Crippen molar-refractivity contribution in [1.82, 2.24) is 15.5 Å². The van der Waals surface area contributed by atoms with Crippen LogP contribution in [0.2, 0.25) is 0 Å². The molecule has 0 saturated carbocycles. The number of benzene rings is 1. The minimum atomic E-state index is 0. The average molecular weight is 444 g/mol.